The highest BCUT2D eigenvalue weighted by Gasteiger charge is 2.01. The summed E-state index contributed by atoms with van der Waals surface area (Å²) in [4.78, 5) is 8.37. The van der Waals surface area contributed by atoms with Crippen molar-refractivity contribution in [2.24, 2.45) is 0 Å². The summed E-state index contributed by atoms with van der Waals surface area (Å²) in [5.74, 6) is 2.02. The molecule has 0 aliphatic carbocycles. The Kier molecular flexibility index (Phi) is 4.55. The lowest BCUT2D eigenvalue weighted by molar-refractivity contribution is 0.325. The summed E-state index contributed by atoms with van der Waals surface area (Å²) in [6.07, 6.45) is 0. The Balaban J connectivity index is 2.74. The highest BCUT2D eigenvalue weighted by Crippen LogP contribution is 2.14. The Morgan fingerprint density at radius 2 is 2.33 bits per heavy atom. The second-order valence-electron chi connectivity index (χ2n) is 2.94. The van der Waals surface area contributed by atoms with Gasteiger partial charge in [-0.3, -0.25) is 0 Å². The highest BCUT2D eigenvalue weighted by atomic mass is 79.9. The van der Waals surface area contributed by atoms with Gasteiger partial charge in [0, 0.05) is 17.1 Å². The maximum absolute atomic E-state index is 5.31. The summed E-state index contributed by atoms with van der Waals surface area (Å²) in [6.45, 7) is 8.71. The van der Waals surface area contributed by atoms with Crippen molar-refractivity contribution in [3.8, 4) is 5.88 Å². The van der Waals surface area contributed by atoms with E-state index in [2.05, 4.69) is 37.8 Å². The summed E-state index contributed by atoms with van der Waals surface area (Å²) in [5, 5.41) is 3.11. The molecule has 0 aliphatic heterocycles. The number of nitrogens with one attached hydrogen (secondary N) is 1. The zero-order valence-electron chi connectivity index (χ0n) is 8.88. The van der Waals surface area contributed by atoms with Crippen LogP contribution in [-0.2, 0) is 0 Å². The summed E-state index contributed by atoms with van der Waals surface area (Å²) in [7, 11) is 0. The molecule has 0 aromatic carbocycles. The fraction of sp³-hybridized carbons (Fsp3) is 0.400. The van der Waals surface area contributed by atoms with Crippen LogP contribution in [0.5, 0.6) is 5.88 Å². The topological polar surface area (TPSA) is 47.0 Å². The quantitative estimate of drug-likeness (QED) is 0.894. The molecule has 82 valence electrons. The van der Waals surface area contributed by atoms with Crippen molar-refractivity contribution >= 4 is 21.7 Å². The lowest BCUT2D eigenvalue weighted by Crippen LogP contribution is -2.05. The van der Waals surface area contributed by atoms with Gasteiger partial charge in [-0.1, -0.05) is 22.5 Å². The van der Waals surface area contributed by atoms with Crippen molar-refractivity contribution in [1.29, 1.82) is 0 Å². The first-order valence-electron chi connectivity index (χ1n) is 4.67. The van der Waals surface area contributed by atoms with Gasteiger partial charge in [0.15, 0.2) is 0 Å². The monoisotopic (exact) mass is 271 g/mol. The highest BCUT2D eigenvalue weighted by molar-refractivity contribution is 9.11. The second kappa shape index (κ2) is 5.70. The molecule has 1 heterocycles. The Morgan fingerprint density at radius 1 is 1.60 bits per heavy atom. The number of hydrogen-bond acceptors (Lipinski definition) is 4. The first-order chi connectivity index (χ1) is 7.11. The number of hydrogen-bond donors (Lipinski definition) is 1. The van der Waals surface area contributed by atoms with Gasteiger partial charge in [0.05, 0.1) is 6.61 Å². The molecule has 15 heavy (non-hydrogen) atoms. The fourth-order valence-corrected chi connectivity index (χ4v) is 1.18. The third-order valence-corrected chi connectivity index (χ3v) is 1.85. The van der Waals surface area contributed by atoms with Crippen LogP contribution in [-0.4, -0.2) is 23.1 Å². The van der Waals surface area contributed by atoms with E-state index in [-0.39, 0.29) is 0 Å². The van der Waals surface area contributed by atoms with Crippen molar-refractivity contribution in [2.45, 2.75) is 13.8 Å². The molecule has 0 aliphatic rings. The van der Waals surface area contributed by atoms with Crippen LogP contribution in [0.25, 0.3) is 0 Å². The molecule has 0 saturated carbocycles. The average molecular weight is 272 g/mol. The van der Waals surface area contributed by atoms with Gasteiger partial charge in [0.1, 0.15) is 11.6 Å². The van der Waals surface area contributed by atoms with Crippen LogP contribution in [0.2, 0.25) is 0 Å². The third-order valence-electron chi connectivity index (χ3n) is 1.57. The molecule has 1 aromatic rings. The summed E-state index contributed by atoms with van der Waals surface area (Å²) < 4.78 is 6.18. The van der Waals surface area contributed by atoms with Gasteiger partial charge >= 0.3 is 0 Å². The molecule has 0 amide bonds. The van der Waals surface area contributed by atoms with E-state index < -0.39 is 0 Å². The first-order valence-corrected chi connectivity index (χ1v) is 5.46. The van der Waals surface area contributed by atoms with Crippen LogP contribution in [0.1, 0.15) is 12.7 Å². The number of rotatable bonds is 5. The van der Waals surface area contributed by atoms with E-state index in [1.165, 1.54) is 0 Å². The molecule has 1 N–H and O–H groups in total. The van der Waals surface area contributed by atoms with E-state index in [0.717, 1.165) is 10.3 Å². The summed E-state index contributed by atoms with van der Waals surface area (Å²) in [5.41, 5.74) is 0. The molecule has 1 aromatic heterocycles. The molecule has 0 saturated heterocycles. The van der Waals surface area contributed by atoms with Crippen molar-refractivity contribution < 1.29 is 4.74 Å². The van der Waals surface area contributed by atoms with Crippen LogP contribution in [0, 0.1) is 6.92 Å². The summed E-state index contributed by atoms with van der Waals surface area (Å²) in [6, 6.07) is 1.77. The maximum atomic E-state index is 5.31. The Morgan fingerprint density at radius 3 is 2.93 bits per heavy atom. The second-order valence-corrected chi connectivity index (χ2v) is 4.06. The number of ether oxygens (including phenoxy) is 1. The minimum Gasteiger partial charge on any atom is -0.478 e. The van der Waals surface area contributed by atoms with Gasteiger partial charge in [-0.05, 0) is 13.8 Å². The lowest BCUT2D eigenvalue weighted by atomic mass is 10.5. The zero-order chi connectivity index (χ0) is 11.3. The number of aryl methyl sites for hydroxylation is 1. The Labute approximate surface area is 97.9 Å². The van der Waals surface area contributed by atoms with Crippen LogP contribution >= 0.6 is 15.9 Å². The van der Waals surface area contributed by atoms with Gasteiger partial charge in [-0.2, -0.15) is 4.98 Å². The molecule has 0 spiro atoms. The molecular formula is C10H14BrN3O. The smallest absolute Gasteiger partial charge is 0.218 e. The molecule has 0 unspecified atom stereocenters. The van der Waals surface area contributed by atoms with E-state index in [1.54, 1.807) is 6.07 Å². The largest absolute Gasteiger partial charge is 0.478 e. The van der Waals surface area contributed by atoms with Crippen LogP contribution in [0.3, 0.4) is 0 Å². The maximum Gasteiger partial charge on any atom is 0.218 e. The molecule has 5 heteroatoms. The predicted octanol–water partition coefficient (Wildman–Crippen LogP) is 2.50. The van der Waals surface area contributed by atoms with Crippen molar-refractivity contribution in [3.63, 3.8) is 0 Å². The molecule has 0 fully saturated rings. The molecule has 4 nitrogen and oxygen atoms in total. The Hall–Kier alpha value is -1.10. The van der Waals surface area contributed by atoms with Crippen molar-refractivity contribution in [1.82, 2.24) is 9.97 Å². The predicted molar refractivity (Wildman–Crippen MR) is 64.5 cm³/mol. The third kappa shape index (κ3) is 4.29. The number of anilines is 1. The van der Waals surface area contributed by atoms with Gasteiger partial charge in [0.2, 0.25) is 5.88 Å². The van der Waals surface area contributed by atoms with Crippen LogP contribution < -0.4 is 10.1 Å². The lowest BCUT2D eigenvalue weighted by Gasteiger charge is -2.07. The molecule has 0 radical (unpaired) electrons. The standard InChI is InChI=1S/C10H14BrN3O/c1-4-15-10-5-9(12-6-7(2)11)13-8(3)14-10/h5H,2,4,6H2,1,3H3,(H,12,13,14). The average Bonchev–Trinajstić information content (AvgIpc) is 2.14. The molecular weight excluding hydrogens is 258 g/mol. The van der Waals surface area contributed by atoms with Gasteiger partial charge in [-0.15, -0.1) is 0 Å². The molecule has 0 bridgehead atoms. The number of nitrogens with zero attached hydrogens (tertiary/aromatic N) is 2. The molecule has 1 rings (SSSR count). The zero-order valence-corrected chi connectivity index (χ0v) is 10.5. The van der Waals surface area contributed by atoms with E-state index in [9.17, 15) is 0 Å². The van der Waals surface area contributed by atoms with Gasteiger partial charge < -0.3 is 10.1 Å². The minimum absolute atomic E-state index is 0.590. The van der Waals surface area contributed by atoms with E-state index >= 15 is 0 Å². The van der Waals surface area contributed by atoms with E-state index in [1.807, 2.05) is 13.8 Å². The summed E-state index contributed by atoms with van der Waals surface area (Å²) >= 11 is 3.27. The molecule has 0 atom stereocenters. The van der Waals surface area contributed by atoms with E-state index in [4.69, 9.17) is 4.74 Å². The first kappa shape index (κ1) is 12.0. The van der Waals surface area contributed by atoms with Crippen LogP contribution in [0.4, 0.5) is 5.82 Å². The number of halogens is 1. The van der Waals surface area contributed by atoms with Crippen molar-refractivity contribution in [3.05, 3.63) is 23.0 Å². The van der Waals surface area contributed by atoms with Gasteiger partial charge in [0.25, 0.3) is 0 Å². The van der Waals surface area contributed by atoms with Crippen molar-refractivity contribution in [2.75, 3.05) is 18.5 Å². The fourth-order valence-electron chi connectivity index (χ4n) is 1.04. The number of aromatic nitrogens is 2. The normalized spacial score (nSPS) is 9.80. The van der Waals surface area contributed by atoms with E-state index in [0.29, 0.717) is 24.9 Å². The van der Waals surface area contributed by atoms with Gasteiger partial charge in [-0.25, -0.2) is 4.98 Å². The van der Waals surface area contributed by atoms with Crippen LogP contribution in [0.15, 0.2) is 17.1 Å². The Bertz CT molecular complexity index is 355. The SMILES string of the molecule is C=C(Br)CNc1cc(OCC)nc(C)n1. The minimum atomic E-state index is 0.590.